The van der Waals surface area contributed by atoms with E-state index in [1.54, 1.807) is 4.52 Å². The van der Waals surface area contributed by atoms with Crippen molar-refractivity contribution in [2.75, 3.05) is 5.73 Å². The van der Waals surface area contributed by atoms with Gasteiger partial charge in [-0.3, -0.25) is 0 Å². The van der Waals surface area contributed by atoms with Crippen molar-refractivity contribution in [2.45, 2.75) is 13.8 Å². The molecule has 2 heterocycles. The van der Waals surface area contributed by atoms with Gasteiger partial charge in [-0.1, -0.05) is 11.3 Å². The Hall–Kier alpha value is -1.95. The minimum absolute atomic E-state index is 0.799. The standard InChI is InChI=1S/C11H11N5S/c1-6-5-8(3-4-9(6)12)10-15-16-7(2)13-14-11(16)17-10/h3-5H,12H2,1-2H3. The molecule has 0 saturated carbocycles. The highest BCUT2D eigenvalue weighted by Crippen LogP contribution is 2.27. The van der Waals surface area contributed by atoms with Gasteiger partial charge in [-0.15, -0.1) is 10.2 Å². The van der Waals surface area contributed by atoms with Crippen LogP contribution in [0.15, 0.2) is 18.2 Å². The molecular weight excluding hydrogens is 234 g/mol. The van der Waals surface area contributed by atoms with Crippen molar-refractivity contribution >= 4 is 22.0 Å². The Balaban J connectivity index is 2.16. The molecule has 0 aliphatic heterocycles. The van der Waals surface area contributed by atoms with E-state index in [1.807, 2.05) is 32.0 Å². The lowest BCUT2D eigenvalue weighted by molar-refractivity contribution is 0.897. The molecule has 3 rings (SSSR count). The largest absolute Gasteiger partial charge is 0.399 e. The first-order valence-electron chi connectivity index (χ1n) is 5.20. The fraction of sp³-hybridized carbons (Fsp3) is 0.182. The quantitative estimate of drug-likeness (QED) is 0.666. The number of benzene rings is 1. The van der Waals surface area contributed by atoms with Gasteiger partial charge in [0.1, 0.15) is 5.01 Å². The van der Waals surface area contributed by atoms with E-state index in [4.69, 9.17) is 5.73 Å². The molecule has 0 amide bonds. The molecule has 1 aromatic carbocycles. The minimum atomic E-state index is 0.799. The van der Waals surface area contributed by atoms with Crippen molar-refractivity contribution < 1.29 is 0 Å². The second kappa shape index (κ2) is 3.53. The first-order valence-corrected chi connectivity index (χ1v) is 6.02. The normalized spacial score (nSPS) is 11.2. The number of nitrogens with zero attached hydrogens (tertiary/aromatic N) is 4. The number of rotatable bonds is 1. The van der Waals surface area contributed by atoms with Gasteiger partial charge in [-0.25, -0.2) is 0 Å². The molecular formula is C11H11N5S. The lowest BCUT2D eigenvalue weighted by atomic mass is 10.1. The van der Waals surface area contributed by atoms with Gasteiger partial charge in [0, 0.05) is 11.3 Å². The highest BCUT2D eigenvalue weighted by molar-refractivity contribution is 7.19. The Morgan fingerprint density at radius 1 is 1.24 bits per heavy atom. The Kier molecular flexibility index (Phi) is 2.12. The fourth-order valence-corrected chi connectivity index (χ4v) is 2.52. The highest BCUT2D eigenvalue weighted by atomic mass is 32.1. The zero-order valence-corrected chi connectivity index (χ0v) is 10.3. The van der Waals surface area contributed by atoms with E-state index in [9.17, 15) is 0 Å². The summed E-state index contributed by atoms with van der Waals surface area (Å²) in [6.07, 6.45) is 0. The number of nitrogen functional groups attached to an aromatic ring is 1. The number of hydrogen-bond donors (Lipinski definition) is 1. The van der Waals surface area contributed by atoms with E-state index in [0.29, 0.717) is 0 Å². The third-order valence-corrected chi connectivity index (χ3v) is 3.61. The van der Waals surface area contributed by atoms with Crippen LogP contribution in [0.1, 0.15) is 11.4 Å². The second-order valence-corrected chi connectivity index (χ2v) is 4.88. The number of fused-ring (bicyclic) bond motifs is 1. The average Bonchev–Trinajstić information content (AvgIpc) is 2.86. The van der Waals surface area contributed by atoms with Crippen molar-refractivity contribution in [3.63, 3.8) is 0 Å². The third kappa shape index (κ3) is 1.57. The summed E-state index contributed by atoms with van der Waals surface area (Å²) in [6, 6.07) is 5.92. The molecule has 0 aliphatic carbocycles. The molecule has 0 fully saturated rings. The van der Waals surface area contributed by atoms with Crippen LogP contribution in [0.5, 0.6) is 0 Å². The molecule has 0 saturated heterocycles. The highest BCUT2D eigenvalue weighted by Gasteiger charge is 2.10. The van der Waals surface area contributed by atoms with Crippen molar-refractivity contribution in [3.8, 4) is 10.6 Å². The van der Waals surface area contributed by atoms with E-state index < -0.39 is 0 Å². The number of nitrogens with two attached hydrogens (primary N) is 1. The van der Waals surface area contributed by atoms with E-state index in [2.05, 4.69) is 15.3 Å². The molecule has 0 atom stereocenters. The maximum absolute atomic E-state index is 5.80. The minimum Gasteiger partial charge on any atom is -0.399 e. The SMILES string of the molecule is Cc1cc(-c2nn3c(C)nnc3s2)ccc1N. The van der Waals surface area contributed by atoms with Crippen LogP contribution in [0.25, 0.3) is 15.5 Å². The first-order chi connectivity index (χ1) is 8.15. The van der Waals surface area contributed by atoms with Crippen molar-refractivity contribution in [2.24, 2.45) is 0 Å². The maximum Gasteiger partial charge on any atom is 0.234 e. The summed E-state index contributed by atoms with van der Waals surface area (Å²) in [5.74, 6) is 0.801. The van der Waals surface area contributed by atoms with Crippen LogP contribution in [0.3, 0.4) is 0 Å². The monoisotopic (exact) mass is 245 g/mol. The summed E-state index contributed by atoms with van der Waals surface area (Å²) in [5, 5.41) is 13.4. The van der Waals surface area contributed by atoms with Gasteiger partial charge in [0.05, 0.1) is 0 Å². The van der Waals surface area contributed by atoms with Gasteiger partial charge in [-0.2, -0.15) is 9.61 Å². The Labute approximate surface area is 102 Å². The van der Waals surface area contributed by atoms with Gasteiger partial charge in [-0.05, 0) is 37.6 Å². The molecule has 3 aromatic rings. The predicted octanol–water partition coefficient (Wildman–Crippen LogP) is 2.05. The van der Waals surface area contributed by atoms with Gasteiger partial charge in [0.15, 0.2) is 5.82 Å². The average molecular weight is 245 g/mol. The first kappa shape index (κ1) is 10.2. The topological polar surface area (TPSA) is 69.1 Å². The van der Waals surface area contributed by atoms with Gasteiger partial charge in [0.2, 0.25) is 4.96 Å². The molecule has 86 valence electrons. The van der Waals surface area contributed by atoms with Gasteiger partial charge < -0.3 is 5.73 Å². The van der Waals surface area contributed by atoms with Crippen molar-refractivity contribution in [1.29, 1.82) is 0 Å². The summed E-state index contributed by atoms with van der Waals surface area (Å²) in [7, 11) is 0. The second-order valence-electron chi connectivity index (χ2n) is 3.92. The molecule has 0 unspecified atom stereocenters. The predicted molar refractivity (Wildman–Crippen MR) is 68.0 cm³/mol. The summed E-state index contributed by atoms with van der Waals surface area (Å²) in [5.41, 5.74) is 8.72. The molecule has 0 spiro atoms. The number of aryl methyl sites for hydroxylation is 2. The van der Waals surface area contributed by atoms with Crippen LogP contribution in [-0.2, 0) is 0 Å². The van der Waals surface area contributed by atoms with Crippen molar-refractivity contribution in [1.82, 2.24) is 19.8 Å². The lowest BCUT2D eigenvalue weighted by Crippen LogP contribution is -1.91. The van der Waals surface area contributed by atoms with Crippen LogP contribution < -0.4 is 5.73 Å². The van der Waals surface area contributed by atoms with Crippen LogP contribution >= 0.6 is 11.3 Å². The zero-order chi connectivity index (χ0) is 12.0. The van der Waals surface area contributed by atoms with Crippen LogP contribution in [0, 0.1) is 13.8 Å². The lowest BCUT2D eigenvalue weighted by Gasteiger charge is -2.01. The Bertz CT molecular complexity index is 697. The molecule has 6 heteroatoms. The third-order valence-electron chi connectivity index (χ3n) is 2.66. The summed E-state index contributed by atoms with van der Waals surface area (Å²) < 4.78 is 1.76. The molecule has 2 aromatic heterocycles. The van der Waals surface area contributed by atoms with Crippen LogP contribution in [0.2, 0.25) is 0 Å². The number of aromatic nitrogens is 4. The smallest absolute Gasteiger partial charge is 0.234 e. The molecule has 0 radical (unpaired) electrons. The summed E-state index contributed by atoms with van der Waals surface area (Å²) in [4.78, 5) is 0.812. The summed E-state index contributed by atoms with van der Waals surface area (Å²) in [6.45, 7) is 3.88. The zero-order valence-electron chi connectivity index (χ0n) is 9.51. The van der Waals surface area contributed by atoms with E-state index >= 15 is 0 Å². The van der Waals surface area contributed by atoms with Crippen LogP contribution in [-0.4, -0.2) is 19.8 Å². The molecule has 0 aliphatic rings. The maximum atomic E-state index is 5.80. The number of hydrogen-bond acceptors (Lipinski definition) is 5. The molecule has 0 bridgehead atoms. The van der Waals surface area contributed by atoms with E-state index in [-0.39, 0.29) is 0 Å². The van der Waals surface area contributed by atoms with Gasteiger partial charge >= 0.3 is 0 Å². The Morgan fingerprint density at radius 2 is 2.06 bits per heavy atom. The Morgan fingerprint density at radius 3 is 2.76 bits per heavy atom. The molecule has 17 heavy (non-hydrogen) atoms. The fourth-order valence-electron chi connectivity index (χ4n) is 1.64. The van der Waals surface area contributed by atoms with Crippen molar-refractivity contribution in [3.05, 3.63) is 29.6 Å². The van der Waals surface area contributed by atoms with E-state index in [1.165, 1.54) is 11.3 Å². The molecule has 2 N–H and O–H groups in total. The number of anilines is 1. The molecule has 5 nitrogen and oxygen atoms in total. The van der Waals surface area contributed by atoms with Crippen LogP contribution in [0.4, 0.5) is 5.69 Å². The van der Waals surface area contributed by atoms with Gasteiger partial charge in [0.25, 0.3) is 0 Å². The summed E-state index contributed by atoms with van der Waals surface area (Å²) >= 11 is 1.52. The van der Waals surface area contributed by atoms with E-state index in [0.717, 1.165) is 32.6 Å².